The van der Waals surface area contributed by atoms with Gasteiger partial charge in [-0.3, -0.25) is 14.5 Å². The molecule has 0 radical (unpaired) electrons. The van der Waals surface area contributed by atoms with Crippen molar-refractivity contribution in [3.05, 3.63) is 29.8 Å². The summed E-state index contributed by atoms with van der Waals surface area (Å²) in [5, 5.41) is 26.0. The second-order valence-corrected chi connectivity index (χ2v) is 7.71. The molecule has 2 aliphatic rings. The molecule has 1 aromatic carbocycles. The topological polar surface area (TPSA) is 124 Å². The summed E-state index contributed by atoms with van der Waals surface area (Å²) < 4.78 is 37.4. The number of hydrogen-bond donors (Lipinski definition) is 3. The van der Waals surface area contributed by atoms with E-state index in [0.717, 1.165) is 11.3 Å². The summed E-state index contributed by atoms with van der Waals surface area (Å²) in [6.45, 7) is 4.99. The molecule has 0 spiro atoms. The molecule has 0 unspecified atom stereocenters. The minimum Gasteiger partial charge on any atom is -0.491 e. The van der Waals surface area contributed by atoms with E-state index in [9.17, 15) is 33.0 Å². The molecule has 2 fully saturated rings. The molecule has 1 aromatic rings. The van der Waals surface area contributed by atoms with E-state index in [2.05, 4.69) is 0 Å². The molecule has 0 aromatic heterocycles. The van der Waals surface area contributed by atoms with Gasteiger partial charge in [-0.15, -0.1) is 0 Å². The molecule has 166 valence electrons. The molecule has 30 heavy (non-hydrogen) atoms. The van der Waals surface area contributed by atoms with Crippen LogP contribution in [-0.2, 0) is 20.9 Å². The third-order valence-corrected chi connectivity index (χ3v) is 5.12. The normalized spacial score (nSPS) is 25.1. The Balaban J connectivity index is 0.000000396. The van der Waals surface area contributed by atoms with Gasteiger partial charge in [0.1, 0.15) is 5.75 Å². The van der Waals surface area contributed by atoms with Gasteiger partial charge in [0.15, 0.2) is 0 Å². The summed E-state index contributed by atoms with van der Waals surface area (Å²) in [5.41, 5.74) is -1.25. The fraction of sp³-hybridized carbons (Fsp3) is 0.526. The van der Waals surface area contributed by atoms with Crippen LogP contribution in [0.3, 0.4) is 0 Å². The number of alkyl halides is 3. The summed E-state index contributed by atoms with van der Waals surface area (Å²) >= 11 is 0. The van der Waals surface area contributed by atoms with Gasteiger partial charge in [0.05, 0.1) is 16.9 Å². The predicted molar refractivity (Wildman–Crippen MR) is 95.9 cm³/mol. The molecule has 11 heteroatoms. The van der Waals surface area contributed by atoms with Gasteiger partial charge in [0.25, 0.3) is 0 Å². The van der Waals surface area contributed by atoms with E-state index in [0.29, 0.717) is 6.54 Å². The lowest BCUT2D eigenvalue weighted by molar-refractivity contribution is -0.192. The molecule has 0 amide bonds. The van der Waals surface area contributed by atoms with Crippen LogP contribution in [0.1, 0.15) is 25.8 Å². The quantitative estimate of drug-likeness (QED) is 0.625. The smallest absolute Gasteiger partial charge is 0.490 e. The van der Waals surface area contributed by atoms with Gasteiger partial charge in [-0.05, 0) is 38.0 Å². The van der Waals surface area contributed by atoms with E-state index >= 15 is 0 Å². The Hall–Kier alpha value is -2.82. The first-order valence-corrected chi connectivity index (χ1v) is 8.98. The number of rotatable bonds is 6. The zero-order valence-corrected chi connectivity index (χ0v) is 16.3. The van der Waals surface area contributed by atoms with Gasteiger partial charge in [0.2, 0.25) is 0 Å². The minimum atomic E-state index is -5.08. The van der Waals surface area contributed by atoms with Crippen LogP contribution < -0.4 is 4.74 Å². The highest BCUT2D eigenvalue weighted by Gasteiger charge is 2.80. The number of carbonyl (C=O) groups is 3. The average molecular weight is 433 g/mol. The van der Waals surface area contributed by atoms with Crippen LogP contribution in [0.25, 0.3) is 0 Å². The summed E-state index contributed by atoms with van der Waals surface area (Å²) in [6.07, 6.45) is -4.77. The predicted octanol–water partition coefficient (Wildman–Crippen LogP) is 2.47. The van der Waals surface area contributed by atoms with Crippen molar-refractivity contribution in [3.63, 3.8) is 0 Å². The number of hydrogen-bond acceptors (Lipinski definition) is 5. The van der Waals surface area contributed by atoms with E-state index in [-0.39, 0.29) is 25.6 Å². The van der Waals surface area contributed by atoms with Gasteiger partial charge < -0.3 is 20.1 Å². The lowest BCUT2D eigenvalue weighted by Gasteiger charge is -2.20. The van der Waals surface area contributed by atoms with Crippen LogP contribution >= 0.6 is 0 Å². The Labute approximate surface area is 169 Å². The number of piperidine rings is 1. The molecule has 3 N–H and O–H groups in total. The van der Waals surface area contributed by atoms with E-state index < -0.39 is 34.9 Å². The molecule has 2 atom stereocenters. The summed E-state index contributed by atoms with van der Waals surface area (Å²) in [7, 11) is 0. The standard InChI is InChI=1S/C17H21NO5.C2HF3O2/c1-11(2)23-13-5-3-4-12(6-13)7-18-9-16(14(19)20)8-17(16,10-18)15(21)22;3-2(4,5)1(6)7/h3-6,11H,7-10H2,1-2H3,(H,19,20)(H,21,22);(H,6,7)/t16-,17+;. The molecule has 0 bridgehead atoms. The largest absolute Gasteiger partial charge is 0.491 e. The van der Waals surface area contributed by atoms with Gasteiger partial charge in [-0.2, -0.15) is 13.2 Å². The van der Waals surface area contributed by atoms with Crippen molar-refractivity contribution in [2.45, 2.75) is 39.1 Å². The highest BCUT2D eigenvalue weighted by molar-refractivity contribution is 5.94. The highest BCUT2D eigenvalue weighted by atomic mass is 19.4. The number of carboxylic acid groups (broad SMARTS) is 3. The Bertz CT molecular complexity index is 814. The maximum absolute atomic E-state index is 11.5. The lowest BCUT2D eigenvalue weighted by Crippen LogP contribution is -2.28. The SMILES string of the molecule is CC(C)Oc1cccc(CN2C[C@@]3(C(=O)O)C[C@@]3(C(=O)O)C2)c1.O=C(O)C(F)(F)F. The first-order valence-electron chi connectivity index (χ1n) is 8.98. The van der Waals surface area contributed by atoms with E-state index in [1.54, 1.807) is 0 Å². The molecular formula is C19H22F3NO7. The summed E-state index contributed by atoms with van der Waals surface area (Å²) in [5.74, 6) is -3.99. The van der Waals surface area contributed by atoms with Crippen LogP contribution in [0.2, 0.25) is 0 Å². The first-order chi connectivity index (χ1) is 13.7. The number of carboxylic acids is 3. The fourth-order valence-corrected chi connectivity index (χ4v) is 3.76. The Morgan fingerprint density at radius 3 is 2.00 bits per heavy atom. The first kappa shape index (κ1) is 23.5. The molecule has 3 rings (SSSR count). The van der Waals surface area contributed by atoms with Crippen molar-refractivity contribution >= 4 is 17.9 Å². The summed E-state index contributed by atoms with van der Waals surface area (Å²) in [6, 6.07) is 7.63. The zero-order chi connectivity index (χ0) is 22.9. The molecule has 1 aliphatic heterocycles. The van der Waals surface area contributed by atoms with Crippen molar-refractivity contribution in [2.75, 3.05) is 13.1 Å². The zero-order valence-electron chi connectivity index (χ0n) is 16.3. The monoisotopic (exact) mass is 433 g/mol. The third-order valence-electron chi connectivity index (χ3n) is 5.12. The minimum absolute atomic E-state index is 0.0789. The Morgan fingerprint density at radius 1 is 1.10 bits per heavy atom. The van der Waals surface area contributed by atoms with Crippen LogP contribution in [0.5, 0.6) is 5.75 Å². The van der Waals surface area contributed by atoms with Crippen molar-refractivity contribution < 1.29 is 47.6 Å². The second-order valence-electron chi connectivity index (χ2n) is 7.71. The average Bonchev–Trinajstić information content (AvgIpc) is 3.13. The van der Waals surface area contributed by atoms with Crippen molar-refractivity contribution in [2.24, 2.45) is 10.8 Å². The number of likely N-dealkylation sites (tertiary alicyclic amines) is 1. The molecule has 1 heterocycles. The molecule has 8 nitrogen and oxygen atoms in total. The van der Waals surface area contributed by atoms with E-state index in [4.69, 9.17) is 14.6 Å². The number of halogens is 3. The summed E-state index contributed by atoms with van der Waals surface area (Å²) in [4.78, 5) is 33.9. The number of ether oxygens (including phenoxy) is 1. The van der Waals surface area contributed by atoms with Gasteiger partial charge >= 0.3 is 24.1 Å². The van der Waals surface area contributed by atoms with Crippen molar-refractivity contribution in [1.29, 1.82) is 0 Å². The molecule has 1 aliphatic carbocycles. The third kappa shape index (κ3) is 4.66. The molecule has 1 saturated carbocycles. The maximum atomic E-state index is 11.5. The van der Waals surface area contributed by atoms with Gasteiger partial charge in [-0.25, -0.2) is 4.79 Å². The van der Waals surface area contributed by atoms with Crippen LogP contribution in [0.4, 0.5) is 13.2 Å². The van der Waals surface area contributed by atoms with Crippen LogP contribution in [0, 0.1) is 10.8 Å². The Morgan fingerprint density at radius 2 is 1.60 bits per heavy atom. The fourth-order valence-electron chi connectivity index (χ4n) is 3.76. The van der Waals surface area contributed by atoms with Crippen LogP contribution in [-0.4, -0.2) is 63.5 Å². The molecule has 1 saturated heterocycles. The lowest BCUT2D eigenvalue weighted by atomic mass is 9.97. The van der Waals surface area contributed by atoms with Crippen molar-refractivity contribution in [1.82, 2.24) is 4.90 Å². The Kier molecular flexibility index (Phi) is 6.36. The second kappa shape index (κ2) is 8.13. The van der Waals surface area contributed by atoms with E-state index in [1.807, 2.05) is 43.0 Å². The van der Waals surface area contributed by atoms with Crippen molar-refractivity contribution in [3.8, 4) is 5.75 Å². The van der Waals surface area contributed by atoms with E-state index in [1.165, 1.54) is 0 Å². The molecular weight excluding hydrogens is 411 g/mol. The van der Waals surface area contributed by atoms with Crippen LogP contribution in [0.15, 0.2) is 24.3 Å². The number of fused-ring (bicyclic) bond motifs is 1. The van der Waals surface area contributed by atoms with Gasteiger partial charge in [0, 0.05) is 19.6 Å². The maximum Gasteiger partial charge on any atom is 0.490 e. The number of nitrogens with zero attached hydrogens (tertiary/aromatic N) is 1. The number of aliphatic carboxylic acids is 3. The highest BCUT2D eigenvalue weighted by Crippen LogP contribution is 2.68. The number of benzene rings is 1. The van der Waals surface area contributed by atoms with Gasteiger partial charge in [-0.1, -0.05) is 12.1 Å².